The fraction of sp³-hybridized carbons (Fsp3) is 0.200. The van der Waals surface area contributed by atoms with Crippen molar-refractivity contribution < 1.29 is 14.3 Å². The van der Waals surface area contributed by atoms with Crippen molar-refractivity contribution in [2.24, 2.45) is 0 Å². The Kier molecular flexibility index (Phi) is 5.41. The standard InChI is InChI=1S/C15H15ClN2O3S/c1-9(13-3-2-6-22-13)18-14(19)8-21-15(20)11-7-10(16)4-5-12(11)17/h2-7,9H,8,17H2,1H3,(H,18,19)/t9-/m0/s1. The molecule has 0 bridgehead atoms. The number of carbonyl (C=O) groups is 2. The monoisotopic (exact) mass is 338 g/mol. The zero-order valence-electron chi connectivity index (χ0n) is 11.8. The number of hydrogen-bond acceptors (Lipinski definition) is 5. The highest BCUT2D eigenvalue weighted by Gasteiger charge is 2.15. The predicted molar refractivity (Wildman–Crippen MR) is 87.0 cm³/mol. The number of amides is 1. The maximum Gasteiger partial charge on any atom is 0.340 e. The van der Waals surface area contributed by atoms with Crippen molar-refractivity contribution in [3.63, 3.8) is 0 Å². The molecule has 0 unspecified atom stereocenters. The van der Waals surface area contributed by atoms with E-state index in [1.54, 1.807) is 17.4 Å². The van der Waals surface area contributed by atoms with Crippen LogP contribution < -0.4 is 11.1 Å². The molecule has 0 spiro atoms. The van der Waals surface area contributed by atoms with E-state index in [1.165, 1.54) is 12.1 Å². The number of rotatable bonds is 5. The predicted octanol–water partition coefficient (Wildman–Crippen LogP) is 3.02. The lowest BCUT2D eigenvalue weighted by atomic mass is 10.2. The van der Waals surface area contributed by atoms with Gasteiger partial charge < -0.3 is 15.8 Å². The number of halogens is 1. The molecule has 1 heterocycles. The number of nitrogen functional groups attached to an aromatic ring is 1. The van der Waals surface area contributed by atoms with Gasteiger partial charge in [-0.05, 0) is 36.6 Å². The molecule has 0 saturated heterocycles. The number of hydrogen-bond donors (Lipinski definition) is 2. The summed E-state index contributed by atoms with van der Waals surface area (Å²) in [4.78, 5) is 24.7. The third-order valence-corrected chi connectivity index (χ3v) is 4.21. The van der Waals surface area contributed by atoms with Crippen LogP contribution in [0.1, 0.15) is 28.2 Å². The van der Waals surface area contributed by atoms with Gasteiger partial charge in [-0.1, -0.05) is 17.7 Å². The third-order valence-electron chi connectivity index (χ3n) is 2.92. The Morgan fingerprint density at radius 3 is 2.86 bits per heavy atom. The highest BCUT2D eigenvalue weighted by Crippen LogP contribution is 2.19. The van der Waals surface area contributed by atoms with Crippen LogP contribution in [0.15, 0.2) is 35.7 Å². The van der Waals surface area contributed by atoms with Gasteiger partial charge in [0.15, 0.2) is 6.61 Å². The molecule has 0 saturated carbocycles. The van der Waals surface area contributed by atoms with Crippen LogP contribution in [0.3, 0.4) is 0 Å². The van der Waals surface area contributed by atoms with Gasteiger partial charge in [0.25, 0.3) is 5.91 Å². The van der Waals surface area contributed by atoms with Crippen molar-refractivity contribution >= 4 is 40.5 Å². The number of benzene rings is 1. The van der Waals surface area contributed by atoms with Crippen molar-refractivity contribution in [3.05, 3.63) is 51.2 Å². The second-order valence-electron chi connectivity index (χ2n) is 4.61. The zero-order valence-corrected chi connectivity index (χ0v) is 13.4. The Hall–Kier alpha value is -2.05. The number of thiophene rings is 1. The summed E-state index contributed by atoms with van der Waals surface area (Å²) in [6.45, 7) is 1.49. The van der Waals surface area contributed by atoms with E-state index in [-0.39, 0.29) is 29.8 Å². The lowest BCUT2D eigenvalue weighted by Gasteiger charge is -2.12. The first-order chi connectivity index (χ1) is 10.5. The van der Waals surface area contributed by atoms with E-state index >= 15 is 0 Å². The molecule has 2 rings (SSSR count). The Balaban J connectivity index is 1.88. The number of nitrogens with one attached hydrogen (secondary N) is 1. The Labute approximate surface area is 137 Å². The average Bonchev–Trinajstić information content (AvgIpc) is 3.01. The van der Waals surface area contributed by atoms with Gasteiger partial charge in [0.1, 0.15) is 0 Å². The summed E-state index contributed by atoms with van der Waals surface area (Å²) < 4.78 is 4.96. The van der Waals surface area contributed by atoms with E-state index in [0.29, 0.717) is 5.02 Å². The topological polar surface area (TPSA) is 81.4 Å². The van der Waals surface area contributed by atoms with E-state index in [2.05, 4.69) is 5.32 Å². The van der Waals surface area contributed by atoms with E-state index in [4.69, 9.17) is 22.1 Å². The van der Waals surface area contributed by atoms with Crippen LogP contribution >= 0.6 is 22.9 Å². The van der Waals surface area contributed by atoms with Crippen molar-refractivity contribution in [1.82, 2.24) is 5.32 Å². The summed E-state index contributed by atoms with van der Waals surface area (Å²) >= 11 is 7.35. The van der Waals surface area contributed by atoms with Crippen LogP contribution in [-0.2, 0) is 9.53 Å². The largest absolute Gasteiger partial charge is 0.452 e. The Morgan fingerprint density at radius 1 is 1.41 bits per heavy atom. The molecule has 1 aromatic carbocycles. The molecule has 0 aliphatic carbocycles. The first-order valence-corrected chi connectivity index (χ1v) is 7.78. The first kappa shape index (κ1) is 16.3. The van der Waals surface area contributed by atoms with Gasteiger partial charge in [0.2, 0.25) is 0 Å². The maximum atomic E-state index is 11.9. The molecular weight excluding hydrogens is 324 g/mol. The normalized spacial score (nSPS) is 11.7. The SMILES string of the molecule is C[C@H](NC(=O)COC(=O)c1cc(Cl)ccc1N)c1cccs1. The zero-order chi connectivity index (χ0) is 16.1. The van der Waals surface area contributed by atoms with Gasteiger partial charge >= 0.3 is 5.97 Å². The molecule has 0 aliphatic heterocycles. The first-order valence-electron chi connectivity index (χ1n) is 6.52. The molecule has 1 atom stereocenters. The second kappa shape index (κ2) is 7.29. The molecule has 0 radical (unpaired) electrons. The van der Waals surface area contributed by atoms with Crippen molar-refractivity contribution in [2.75, 3.05) is 12.3 Å². The fourth-order valence-corrected chi connectivity index (χ4v) is 2.71. The van der Waals surface area contributed by atoms with Gasteiger partial charge in [0, 0.05) is 15.6 Å². The quantitative estimate of drug-likeness (QED) is 0.648. The van der Waals surface area contributed by atoms with Gasteiger partial charge in [-0.2, -0.15) is 0 Å². The molecule has 0 fully saturated rings. The summed E-state index contributed by atoms with van der Waals surface area (Å²) in [6.07, 6.45) is 0. The van der Waals surface area contributed by atoms with Gasteiger partial charge in [-0.3, -0.25) is 4.79 Å². The number of anilines is 1. The van der Waals surface area contributed by atoms with Crippen LogP contribution in [-0.4, -0.2) is 18.5 Å². The van der Waals surface area contributed by atoms with Gasteiger partial charge in [-0.15, -0.1) is 11.3 Å². The third kappa shape index (κ3) is 4.22. The van der Waals surface area contributed by atoms with Crippen molar-refractivity contribution in [3.8, 4) is 0 Å². The van der Waals surface area contributed by atoms with Crippen molar-refractivity contribution in [1.29, 1.82) is 0 Å². The Morgan fingerprint density at radius 2 is 2.18 bits per heavy atom. The second-order valence-corrected chi connectivity index (χ2v) is 6.03. The summed E-state index contributed by atoms with van der Waals surface area (Å²) in [7, 11) is 0. The molecule has 7 heteroatoms. The lowest BCUT2D eigenvalue weighted by molar-refractivity contribution is -0.124. The fourth-order valence-electron chi connectivity index (χ4n) is 1.81. The molecule has 22 heavy (non-hydrogen) atoms. The summed E-state index contributed by atoms with van der Waals surface area (Å²) in [5, 5.41) is 5.05. The molecule has 1 aromatic heterocycles. The molecule has 116 valence electrons. The van der Waals surface area contributed by atoms with Gasteiger partial charge in [0.05, 0.1) is 11.6 Å². The van der Waals surface area contributed by atoms with E-state index < -0.39 is 5.97 Å². The lowest BCUT2D eigenvalue weighted by Crippen LogP contribution is -2.30. The van der Waals surface area contributed by atoms with Gasteiger partial charge in [-0.25, -0.2) is 4.79 Å². The number of nitrogens with two attached hydrogens (primary N) is 1. The van der Waals surface area contributed by atoms with Crippen LogP contribution in [0, 0.1) is 0 Å². The van der Waals surface area contributed by atoms with E-state index in [0.717, 1.165) is 4.88 Å². The minimum atomic E-state index is -0.682. The van der Waals surface area contributed by atoms with Crippen molar-refractivity contribution in [2.45, 2.75) is 13.0 Å². The summed E-state index contributed by atoms with van der Waals surface area (Å²) in [6, 6.07) is 8.19. The minimum Gasteiger partial charge on any atom is -0.452 e. The minimum absolute atomic E-state index is 0.137. The summed E-state index contributed by atoms with van der Waals surface area (Å²) in [5.41, 5.74) is 6.08. The van der Waals surface area contributed by atoms with Crippen LogP contribution in [0.25, 0.3) is 0 Å². The highest BCUT2D eigenvalue weighted by atomic mass is 35.5. The number of ether oxygens (including phenoxy) is 1. The molecule has 0 aliphatic rings. The summed E-state index contributed by atoms with van der Waals surface area (Å²) in [5.74, 6) is -1.06. The van der Waals surface area contributed by atoms with Crippen LogP contribution in [0.4, 0.5) is 5.69 Å². The smallest absolute Gasteiger partial charge is 0.340 e. The van der Waals surface area contributed by atoms with E-state index in [1.807, 2.05) is 24.4 Å². The highest BCUT2D eigenvalue weighted by molar-refractivity contribution is 7.10. The Bertz CT molecular complexity index is 673. The molecule has 5 nitrogen and oxygen atoms in total. The molecule has 1 amide bonds. The maximum absolute atomic E-state index is 11.9. The van der Waals surface area contributed by atoms with Crippen LogP contribution in [0.2, 0.25) is 5.02 Å². The average molecular weight is 339 g/mol. The van der Waals surface area contributed by atoms with E-state index in [9.17, 15) is 9.59 Å². The molecule has 3 N–H and O–H groups in total. The van der Waals surface area contributed by atoms with Crippen LogP contribution in [0.5, 0.6) is 0 Å². The number of esters is 1. The molecule has 2 aromatic rings. The number of carbonyl (C=O) groups excluding carboxylic acids is 2. The molecular formula is C15H15ClN2O3S.